The smallest absolute Gasteiger partial charge is 0.115 e. The van der Waals surface area contributed by atoms with E-state index in [-0.39, 0.29) is 5.54 Å². The lowest BCUT2D eigenvalue weighted by atomic mass is 9.74. The number of nitrogens with one attached hydrogen (secondary N) is 1. The summed E-state index contributed by atoms with van der Waals surface area (Å²) in [5.41, 5.74) is 2.73. The molecule has 0 spiro atoms. The first-order chi connectivity index (χ1) is 11.6. The molecule has 0 heterocycles. The van der Waals surface area contributed by atoms with E-state index in [1.807, 2.05) is 12.1 Å². The Balaban J connectivity index is 1.61. The van der Waals surface area contributed by atoms with Crippen LogP contribution in [0.2, 0.25) is 0 Å². The van der Waals surface area contributed by atoms with Crippen molar-refractivity contribution in [1.29, 1.82) is 0 Å². The highest BCUT2D eigenvalue weighted by molar-refractivity contribution is 5.27. The van der Waals surface area contributed by atoms with Gasteiger partial charge in [-0.05, 0) is 63.0 Å². The molecule has 0 bridgehead atoms. The fourth-order valence-corrected chi connectivity index (χ4v) is 3.97. The number of hydrogen-bond acceptors (Lipinski definition) is 3. The lowest BCUT2D eigenvalue weighted by molar-refractivity contribution is 0.0853. The van der Waals surface area contributed by atoms with Gasteiger partial charge in [0.15, 0.2) is 0 Å². The number of nitrogens with zero attached hydrogens (tertiary/aromatic N) is 1. The van der Waals surface area contributed by atoms with Crippen LogP contribution in [-0.4, -0.2) is 30.1 Å². The molecule has 128 valence electrons. The Morgan fingerprint density at radius 3 is 2.38 bits per heavy atom. The van der Waals surface area contributed by atoms with Crippen molar-refractivity contribution in [3.05, 3.63) is 65.7 Å². The molecule has 3 rings (SSSR count). The fraction of sp³-hybridized carbons (Fsp3) is 0.429. The summed E-state index contributed by atoms with van der Waals surface area (Å²) >= 11 is 0. The van der Waals surface area contributed by atoms with E-state index < -0.39 is 0 Å². The van der Waals surface area contributed by atoms with E-state index in [4.69, 9.17) is 0 Å². The Labute approximate surface area is 145 Å². The lowest BCUT2D eigenvalue weighted by Crippen LogP contribution is -2.47. The summed E-state index contributed by atoms with van der Waals surface area (Å²) in [6.45, 7) is 0.819. The van der Waals surface area contributed by atoms with Crippen molar-refractivity contribution in [3.8, 4) is 5.75 Å². The van der Waals surface area contributed by atoms with Gasteiger partial charge < -0.3 is 10.4 Å². The van der Waals surface area contributed by atoms with E-state index in [9.17, 15) is 5.11 Å². The van der Waals surface area contributed by atoms with Gasteiger partial charge in [0.1, 0.15) is 5.75 Å². The zero-order valence-corrected chi connectivity index (χ0v) is 14.7. The van der Waals surface area contributed by atoms with Crippen LogP contribution >= 0.6 is 0 Å². The van der Waals surface area contributed by atoms with Gasteiger partial charge in [0.2, 0.25) is 0 Å². The maximum Gasteiger partial charge on any atom is 0.115 e. The zero-order valence-electron chi connectivity index (χ0n) is 14.7. The molecule has 2 aromatic rings. The Morgan fingerprint density at radius 2 is 1.75 bits per heavy atom. The Morgan fingerprint density at radius 1 is 1.04 bits per heavy atom. The minimum Gasteiger partial charge on any atom is -0.508 e. The lowest BCUT2D eigenvalue weighted by Gasteiger charge is -2.45. The maximum atomic E-state index is 9.57. The molecule has 1 fully saturated rings. The molecule has 3 heteroatoms. The fourth-order valence-electron chi connectivity index (χ4n) is 3.97. The predicted molar refractivity (Wildman–Crippen MR) is 99.0 cm³/mol. The molecule has 2 N–H and O–H groups in total. The molecular weight excluding hydrogens is 296 g/mol. The molecule has 0 atom stereocenters. The van der Waals surface area contributed by atoms with Crippen LogP contribution in [0.4, 0.5) is 0 Å². The Hall–Kier alpha value is -1.84. The second-order valence-electron chi connectivity index (χ2n) is 7.12. The van der Waals surface area contributed by atoms with Crippen LogP contribution in [0.15, 0.2) is 54.6 Å². The van der Waals surface area contributed by atoms with E-state index in [1.165, 1.54) is 31.2 Å². The van der Waals surface area contributed by atoms with Crippen molar-refractivity contribution in [2.75, 3.05) is 14.1 Å². The minimum atomic E-state index is 0.157. The highest BCUT2D eigenvalue weighted by Crippen LogP contribution is 2.41. The van der Waals surface area contributed by atoms with Crippen molar-refractivity contribution >= 4 is 0 Å². The van der Waals surface area contributed by atoms with Crippen LogP contribution in [0.5, 0.6) is 5.75 Å². The summed E-state index contributed by atoms with van der Waals surface area (Å²) in [5.74, 6) is 0.341. The quantitative estimate of drug-likeness (QED) is 0.876. The predicted octanol–water partition coefficient (Wildman–Crippen LogP) is 3.88. The SMILES string of the molecule is CN(C)[C@]1(c2ccccc2)CC[C@H](NCc2cccc(O)c2)CC1. The van der Waals surface area contributed by atoms with Gasteiger partial charge in [-0.1, -0.05) is 42.5 Å². The number of hydrogen-bond donors (Lipinski definition) is 2. The van der Waals surface area contributed by atoms with Crippen molar-refractivity contribution in [2.45, 2.75) is 43.8 Å². The number of phenols is 1. The summed E-state index contributed by atoms with van der Waals surface area (Å²) in [7, 11) is 4.40. The summed E-state index contributed by atoms with van der Waals surface area (Å²) < 4.78 is 0. The van der Waals surface area contributed by atoms with Crippen molar-refractivity contribution in [2.24, 2.45) is 0 Å². The molecule has 0 radical (unpaired) electrons. The number of benzene rings is 2. The minimum absolute atomic E-state index is 0.157. The molecule has 3 nitrogen and oxygen atoms in total. The molecule has 0 saturated heterocycles. The van der Waals surface area contributed by atoms with Gasteiger partial charge in [0.25, 0.3) is 0 Å². The van der Waals surface area contributed by atoms with Crippen LogP contribution < -0.4 is 5.32 Å². The zero-order chi connectivity index (χ0) is 17.0. The van der Waals surface area contributed by atoms with E-state index in [1.54, 1.807) is 6.07 Å². The number of rotatable bonds is 5. The third-order valence-corrected chi connectivity index (χ3v) is 5.49. The first-order valence-corrected chi connectivity index (χ1v) is 8.84. The first kappa shape index (κ1) is 17.0. The average molecular weight is 324 g/mol. The molecule has 2 aromatic carbocycles. The highest BCUT2D eigenvalue weighted by Gasteiger charge is 2.38. The molecular formula is C21H28N2O. The van der Waals surface area contributed by atoms with Crippen molar-refractivity contribution in [1.82, 2.24) is 10.2 Å². The standard InChI is InChI=1S/C21H28N2O/c1-23(2)21(18-8-4-3-5-9-18)13-11-19(12-14-21)22-16-17-7-6-10-20(24)15-17/h3-10,15,19,22,24H,11-14,16H2,1-2H3/t19-,21+. The van der Waals surface area contributed by atoms with Crippen LogP contribution in [0.3, 0.4) is 0 Å². The van der Waals surface area contributed by atoms with Crippen LogP contribution in [-0.2, 0) is 12.1 Å². The monoisotopic (exact) mass is 324 g/mol. The van der Waals surface area contributed by atoms with E-state index in [0.717, 1.165) is 12.1 Å². The van der Waals surface area contributed by atoms with Crippen molar-refractivity contribution in [3.63, 3.8) is 0 Å². The van der Waals surface area contributed by atoms with Gasteiger partial charge in [0, 0.05) is 18.1 Å². The number of aromatic hydroxyl groups is 1. The summed E-state index contributed by atoms with van der Waals surface area (Å²) in [6.07, 6.45) is 4.68. The van der Waals surface area contributed by atoms with Gasteiger partial charge in [-0.25, -0.2) is 0 Å². The third-order valence-electron chi connectivity index (χ3n) is 5.49. The molecule has 1 aliphatic carbocycles. The Kier molecular flexibility index (Phi) is 5.22. The van der Waals surface area contributed by atoms with E-state index in [0.29, 0.717) is 11.8 Å². The first-order valence-electron chi connectivity index (χ1n) is 8.84. The molecule has 0 aliphatic heterocycles. The molecule has 24 heavy (non-hydrogen) atoms. The van der Waals surface area contributed by atoms with E-state index >= 15 is 0 Å². The molecule has 0 aromatic heterocycles. The van der Waals surface area contributed by atoms with Gasteiger partial charge in [-0.2, -0.15) is 0 Å². The second-order valence-corrected chi connectivity index (χ2v) is 7.12. The van der Waals surface area contributed by atoms with E-state index in [2.05, 4.69) is 60.7 Å². The summed E-state index contributed by atoms with van der Waals surface area (Å²) in [4.78, 5) is 2.40. The number of phenolic OH excluding ortho intramolecular Hbond substituents is 1. The maximum absolute atomic E-state index is 9.57. The van der Waals surface area contributed by atoms with Gasteiger partial charge in [0.05, 0.1) is 0 Å². The third kappa shape index (κ3) is 3.63. The Bertz CT molecular complexity index is 646. The topological polar surface area (TPSA) is 35.5 Å². The average Bonchev–Trinajstić information content (AvgIpc) is 2.61. The molecule has 1 aliphatic rings. The molecule has 0 unspecified atom stereocenters. The summed E-state index contributed by atoms with van der Waals surface area (Å²) in [5, 5.41) is 13.2. The van der Waals surface area contributed by atoms with Gasteiger partial charge >= 0.3 is 0 Å². The molecule has 0 amide bonds. The van der Waals surface area contributed by atoms with Gasteiger partial charge in [-0.15, -0.1) is 0 Å². The van der Waals surface area contributed by atoms with Crippen molar-refractivity contribution < 1.29 is 5.11 Å². The van der Waals surface area contributed by atoms with Gasteiger partial charge in [-0.3, -0.25) is 4.90 Å². The van der Waals surface area contributed by atoms with Crippen LogP contribution in [0, 0.1) is 0 Å². The highest BCUT2D eigenvalue weighted by atomic mass is 16.3. The van der Waals surface area contributed by atoms with Crippen LogP contribution in [0.25, 0.3) is 0 Å². The molecule has 1 saturated carbocycles. The second kappa shape index (κ2) is 7.37. The normalized spacial score (nSPS) is 24.2. The largest absolute Gasteiger partial charge is 0.508 e. The van der Waals surface area contributed by atoms with Crippen LogP contribution in [0.1, 0.15) is 36.8 Å². The summed E-state index contributed by atoms with van der Waals surface area (Å²) in [6, 6.07) is 19.0.